The molecule has 1 heterocycles. The third-order valence-electron chi connectivity index (χ3n) is 3.87. The minimum absolute atomic E-state index is 0.0564. The van der Waals surface area contributed by atoms with Crippen molar-refractivity contribution in [3.8, 4) is 11.5 Å². The highest BCUT2D eigenvalue weighted by molar-refractivity contribution is 5.97. The van der Waals surface area contributed by atoms with E-state index >= 15 is 0 Å². The molecule has 0 radical (unpaired) electrons. The van der Waals surface area contributed by atoms with Crippen molar-refractivity contribution < 1.29 is 19.4 Å². The van der Waals surface area contributed by atoms with Crippen molar-refractivity contribution in [1.82, 2.24) is 4.90 Å². The van der Waals surface area contributed by atoms with Crippen molar-refractivity contribution >= 4 is 5.91 Å². The Balaban J connectivity index is 2.19. The second kappa shape index (κ2) is 5.71. The molecule has 1 aliphatic heterocycles. The maximum absolute atomic E-state index is 12.5. The second-order valence-corrected chi connectivity index (χ2v) is 5.37. The van der Waals surface area contributed by atoms with Gasteiger partial charge in [0.25, 0.3) is 5.91 Å². The number of carbonyl (C=O) groups excluding carboxylic acids is 1. The van der Waals surface area contributed by atoms with Gasteiger partial charge in [0.2, 0.25) is 0 Å². The van der Waals surface area contributed by atoms with Gasteiger partial charge in [-0.15, -0.1) is 0 Å². The Morgan fingerprint density at radius 2 is 2.15 bits per heavy atom. The molecule has 1 aromatic rings. The first kappa shape index (κ1) is 14.7. The molecule has 1 atom stereocenters. The van der Waals surface area contributed by atoms with Crippen LogP contribution in [0.2, 0.25) is 0 Å². The molecule has 1 aromatic carbocycles. The Morgan fingerprint density at radius 3 is 2.75 bits per heavy atom. The number of amides is 1. The van der Waals surface area contributed by atoms with Gasteiger partial charge < -0.3 is 19.5 Å². The highest BCUT2D eigenvalue weighted by Gasteiger charge is 2.33. The molecule has 1 fully saturated rings. The number of ether oxygens (including phenoxy) is 2. The number of nitrogens with zero attached hydrogens (tertiary/aromatic N) is 1. The second-order valence-electron chi connectivity index (χ2n) is 5.37. The van der Waals surface area contributed by atoms with Gasteiger partial charge in [0.1, 0.15) is 11.5 Å². The van der Waals surface area contributed by atoms with Gasteiger partial charge in [-0.2, -0.15) is 0 Å². The average molecular weight is 279 g/mol. The first-order valence-corrected chi connectivity index (χ1v) is 6.70. The fourth-order valence-electron chi connectivity index (χ4n) is 2.54. The monoisotopic (exact) mass is 279 g/mol. The zero-order chi connectivity index (χ0) is 14.8. The van der Waals surface area contributed by atoms with E-state index in [-0.39, 0.29) is 17.3 Å². The summed E-state index contributed by atoms with van der Waals surface area (Å²) < 4.78 is 10.5. The van der Waals surface area contributed by atoms with E-state index in [4.69, 9.17) is 9.47 Å². The first-order valence-electron chi connectivity index (χ1n) is 6.70. The normalized spacial score (nSPS) is 22.6. The van der Waals surface area contributed by atoms with Crippen molar-refractivity contribution in [1.29, 1.82) is 0 Å². The van der Waals surface area contributed by atoms with E-state index in [9.17, 15) is 9.90 Å². The summed E-state index contributed by atoms with van der Waals surface area (Å²) in [6.45, 7) is 3.22. The van der Waals surface area contributed by atoms with Gasteiger partial charge >= 0.3 is 0 Å². The molecule has 1 saturated heterocycles. The molecule has 5 heteroatoms. The number of carbonyl (C=O) groups is 1. The Bertz CT molecular complexity index is 503. The zero-order valence-corrected chi connectivity index (χ0v) is 12.2. The Hall–Kier alpha value is -1.75. The van der Waals surface area contributed by atoms with Gasteiger partial charge in [0.05, 0.1) is 18.3 Å². The van der Waals surface area contributed by atoms with Crippen molar-refractivity contribution in [2.24, 2.45) is 0 Å². The van der Waals surface area contributed by atoms with Crippen LogP contribution in [0.4, 0.5) is 0 Å². The highest BCUT2D eigenvalue weighted by Crippen LogP contribution is 2.28. The topological polar surface area (TPSA) is 59.0 Å². The molecule has 2 rings (SSSR count). The number of hydrogen-bond acceptors (Lipinski definition) is 4. The molecule has 1 N–H and O–H groups in total. The van der Waals surface area contributed by atoms with Crippen molar-refractivity contribution in [2.75, 3.05) is 27.3 Å². The number of phenols is 1. The molecule has 1 amide bonds. The lowest BCUT2D eigenvalue weighted by Gasteiger charge is -2.39. The van der Waals surface area contributed by atoms with Crippen LogP contribution in [0.15, 0.2) is 18.2 Å². The van der Waals surface area contributed by atoms with E-state index in [0.29, 0.717) is 24.4 Å². The Labute approximate surface area is 119 Å². The van der Waals surface area contributed by atoms with Gasteiger partial charge in [-0.25, -0.2) is 0 Å². The summed E-state index contributed by atoms with van der Waals surface area (Å²) in [5.74, 6) is 0.298. The molecule has 0 saturated carbocycles. The summed E-state index contributed by atoms with van der Waals surface area (Å²) in [4.78, 5) is 14.2. The molecule has 110 valence electrons. The molecule has 0 aromatic heterocycles. The first-order chi connectivity index (χ1) is 9.49. The lowest BCUT2D eigenvalue weighted by atomic mass is 9.94. The quantitative estimate of drug-likeness (QED) is 0.920. The predicted octanol–water partition coefficient (Wildman–Crippen LogP) is 2.04. The van der Waals surface area contributed by atoms with Crippen molar-refractivity contribution in [3.63, 3.8) is 0 Å². The minimum atomic E-state index is -0.310. The molecule has 0 bridgehead atoms. The number of benzene rings is 1. The fourth-order valence-corrected chi connectivity index (χ4v) is 2.54. The molecule has 20 heavy (non-hydrogen) atoms. The average Bonchev–Trinajstić information content (AvgIpc) is 2.46. The van der Waals surface area contributed by atoms with Gasteiger partial charge in [0, 0.05) is 26.3 Å². The van der Waals surface area contributed by atoms with Crippen molar-refractivity contribution in [2.45, 2.75) is 25.4 Å². The number of hydrogen-bond donors (Lipinski definition) is 1. The lowest BCUT2D eigenvalue weighted by Crippen LogP contribution is -2.49. The van der Waals surface area contributed by atoms with E-state index < -0.39 is 0 Å². The minimum Gasteiger partial charge on any atom is -0.507 e. The van der Waals surface area contributed by atoms with Crippen LogP contribution in [-0.4, -0.2) is 48.8 Å². The number of phenolic OH excluding ortho intramolecular Hbond substituents is 1. The largest absolute Gasteiger partial charge is 0.507 e. The van der Waals surface area contributed by atoms with E-state index in [1.165, 1.54) is 13.2 Å². The van der Waals surface area contributed by atoms with Crippen LogP contribution in [0.1, 0.15) is 30.1 Å². The molecular formula is C15H21NO4. The van der Waals surface area contributed by atoms with Crippen LogP contribution in [0.3, 0.4) is 0 Å². The van der Waals surface area contributed by atoms with E-state index in [1.807, 2.05) is 6.92 Å². The fraction of sp³-hybridized carbons (Fsp3) is 0.533. The maximum Gasteiger partial charge on any atom is 0.257 e. The van der Waals surface area contributed by atoms with Crippen LogP contribution >= 0.6 is 0 Å². The van der Waals surface area contributed by atoms with E-state index in [2.05, 4.69) is 0 Å². The smallest absolute Gasteiger partial charge is 0.257 e. The standard InChI is InChI=1S/C15H21NO4/c1-15(20-3)7-4-8-16(10-15)14(18)12-6-5-11(19-2)9-13(12)17/h5-6,9,17H,4,7-8,10H2,1-3H3. The SMILES string of the molecule is COc1ccc(C(=O)N2CCCC(C)(OC)C2)c(O)c1. The number of rotatable bonds is 3. The van der Waals surface area contributed by atoms with Crippen LogP contribution in [-0.2, 0) is 4.74 Å². The highest BCUT2D eigenvalue weighted by atomic mass is 16.5. The predicted molar refractivity (Wildman–Crippen MR) is 75.2 cm³/mol. The summed E-state index contributed by atoms with van der Waals surface area (Å²) in [7, 11) is 3.18. The van der Waals surface area contributed by atoms with E-state index in [0.717, 1.165) is 12.8 Å². The number of aromatic hydroxyl groups is 1. The third-order valence-corrected chi connectivity index (χ3v) is 3.87. The summed E-state index contributed by atoms with van der Waals surface area (Å²) >= 11 is 0. The molecule has 5 nitrogen and oxygen atoms in total. The van der Waals surface area contributed by atoms with Crippen LogP contribution in [0.5, 0.6) is 11.5 Å². The maximum atomic E-state index is 12.5. The summed E-state index contributed by atoms with van der Waals surface area (Å²) in [6.07, 6.45) is 1.83. The molecule has 0 aliphatic carbocycles. The molecule has 1 unspecified atom stereocenters. The summed E-state index contributed by atoms with van der Waals surface area (Å²) in [5.41, 5.74) is -0.0122. The Morgan fingerprint density at radius 1 is 1.40 bits per heavy atom. The van der Waals surface area contributed by atoms with Gasteiger partial charge in [-0.3, -0.25) is 4.79 Å². The summed E-state index contributed by atoms with van der Waals surface area (Å²) in [6, 6.07) is 4.72. The third kappa shape index (κ3) is 2.88. The molecular weight excluding hydrogens is 258 g/mol. The van der Waals surface area contributed by atoms with Gasteiger partial charge in [0.15, 0.2) is 0 Å². The summed E-state index contributed by atoms with van der Waals surface area (Å²) in [5, 5.41) is 9.95. The van der Waals surface area contributed by atoms with Crippen LogP contribution in [0, 0.1) is 0 Å². The van der Waals surface area contributed by atoms with Crippen LogP contribution in [0.25, 0.3) is 0 Å². The lowest BCUT2D eigenvalue weighted by molar-refractivity contribution is -0.0440. The molecule has 0 spiro atoms. The number of piperidine rings is 1. The zero-order valence-electron chi connectivity index (χ0n) is 12.2. The van der Waals surface area contributed by atoms with Gasteiger partial charge in [-0.1, -0.05) is 0 Å². The number of methoxy groups -OCH3 is 2. The Kier molecular flexibility index (Phi) is 4.18. The van der Waals surface area contributed by atoms with Crippen molar-refractivity contribution in [3.05, 3.63) is 23.8 Å². The van der Waals surface area contributed by atoms with Crippen LogP contribution < -0.4 is 4.74 Å². The van der Waals surface area contributed by atoms with E-state index in [1.54, 1.807) is 24.1 Å². The number of likely N-dealkylation sites (tertiary alicyclic amines) is 1. The van der Waals surface area contributed by atoms with Gasteiger partial charge in [-0.05, 0) is 31.9 Å². The molecule has 1 aliphatic rings.